The third-order valence-electron chi connectivity index (χ3n) is 2.33. The first-order valence-corrected chi connectivity index (χ1v) is 7.16. The van der Waals surface area contributed by atoms with Gasteiger partial charge >= 0.3 is 0 Å². The van der Waals surface area contributed by atoms with Crippen LogP contribution in [-0.2, 0) is 0 Å². The molecule has 0 heterocycles. The Kier molecular flexibility index (Phi) is 4.68. The van der Waals surface area contributed by atoms with E-state index in [0.717, 1.165) is 4.47 Å². The van der Waals surface area contributed by atoms with Crippen LogP contribution in [0.15, 0.2) is 40.9 Å². The van der Waals surface area contributed by atoms with Crippen LogP contribution < -0.4 is 10.5 Å². The van der Waals surface area contributed by atoms with Gasteiger partial charge < -0.3 is 10.5 Å². The highest BCUT2D eigenvalue weighted by molar-refractivity contribution is 9.10. The van der Waals surface area contributed by atoms with E-state index in [0.29, 0.717) is 27.1 Å². The SMILES string of the molecule is NC(=S)c1c(Br)cccc1Oc1cc(Cl)ccc1Cl. The lowest BCUT2D eigenvalue weighted by atomic mass is 10.2. The van der Waals surface area contributed by atoms with Gasteiger partial charge in [-0.1, -0.05) is 41.5 Å². The molecule has 2 rings (SSSR count). The standard InChI is InChI=1S/C13H8BrCl2NOS/c14-8-2-1-3-10(12(8)13(17)19)18-11-6-7(15)4-5-9(11)16/h1-6H,(H2,17,19). The molecule has 6 heteroatoms. The normalized spacial score (nSPS) is 10.3. The zero-order valence-corrected chi connectivity index (χ0v) is 13.4. The summed E-state index contributed by atoms with van der Waals surface area (Å²) in [5.74, 6) is 0.968. The summed E-state index contributed by atoms with van der Waals surface area (Å²) in [4.78, 5) is 0.237. The minimum atomic E-state index is 0.237. The molecule has 2 N–H and O–H groups in total. The maximum Gasteiger partial charge on any atom is 0.147 e. The second-order valence-corrected chi connectivity index (χ2v) is 5.79. The van der Waals surface area contributed by atoms with E-state index >= 15 is 0 Å². The molecule has 0 unspecified atom stereocenters. The first-order chi connectivity index (χ1) is 8.99. The Morgan fingerprint density at radius 3 is 2.58 bits per heavy atom. The molecule has 0 aliphatic heterocycles. The van der Waals surface area contributed by atoms with E-state index in [1.165, 1.54) is 0 Å². The Morgan fingerprint density at radius 1 is 1.16 bits per heavy atom. The molecule has 0 saturated carbocycles. The number of hydrogen-bond acceptors (Lipinski definition) is 2. The van der Waals surface area contributed by atoms with E-state index < -0.39 is 0 Å². The molecule has 2 aromatic rings. The van der Waals surface area contributed by atoms with Crippen LogP contribution in [0.1, 0.15) is 5.56 Å². The molecule has 0 atom stereocenters. The topological polar surface area (TPSA) is 35.2 Å². The van der Waals surface area contributed by atoms with Crippen molar-refractivity contribution in [2.45, 2.75) is 0 Å². The fourth-order valence-electron chi connectivity index (χ4n) is 1.50. The molecule has 0 aliphatic carbocycles. The molecule has 2 aromatic carbocycles. The summed E-state index contributed by atoms with van der Waals surface area (Å²) in [5.41, 5.74) is 6.32. The Morgan fingerprint density at radius 2 is 1.89 bits per heavy atom. The van der Waals surface area contributed by atoms with Crippen LogP contribution in [0, 0.1) is 0 Å². The Hall–Kier alpha value is -0.810. The molecule has 0 spiro atoms. The molecule has 0 bridgehead atoms. The molecule has 0 aliphatic rings. The van der Waals surface area contributed by atoms with E-state index in [-0.39, 0.29) is 4.99 Å². The number of halogens is 3. The van der Waals surface area contributed by atoms with Crippen LogP contribution in [-0.4, -0.2) is 4.99 Å². The van der Waals surface area contributed by atoms with Gasteiger partial charge in [-0.2, -0.15) is 0 Å². The van der Waals surface area contributed by atoms with Gasteiger partial charge in [0.2, 0.25) is 0 Å². The van der Waals surface area contributed by atoms with Crippen molar-refractivity contribution < 1.29 is 4.74 Å². The molecule has 0 fully saturated rings. The van der Waals surface area contributed by atoms with Crippen molar-refractivity contribution in [2.75, 3.05) is 0 Å². The highest BCUT2D eigenvalue weighted by Crippen LogP contribution is 2.35. The van der Waals surface area contributed by atoms with Crippen LogP contribution in [0.5, 0.6) is 11.5 Å². The number of thiocarbonyl (C=S) groups is 1. The van der Waals surface area contributed by atoms with Gasteiger partial charge in [0.05, 0.1) is 10.6 Å². The first-order valence-electron chi connectivity index (χ1n) is 5.20. The predicted molar refractivity (Wildman–Crippen MR) is 86.6 cm³/mol. The van der Waals surface area contributed by atoms with E-state index in [1.54, 1.807) is 24.3 Å². The monoisotopic (exact) mass is 375 g/mol. The fraction of sp³-hybridized carbons (Fsp3) is 0. The third-order valence-corrected chi connectivity index (χ3v) is 3.75. The van der Waals surface area contributed by atoms with Gasteiger partial charge in [0, 0.05) is 15.6 Å². The third kappa shape index (κ3) is 3.39. The van der Waals surface area contributed by atoms with E-state index in [2.05, 4.69) is 15.9 Å². The van der Waals surface area contributed by atoms with Crippen molar-refractivity contribution in [3.8, 4) is 11.5 Å². The average molecular weight is 377 g/mol. The average Bonchev–Trinajstić information content (AvgIpc) is 2.33. The fourth-order valence-corrected chi connectivity index (χ4v) is 2.72. The highest BCUT2D eigenvalue weighted by atomic mass is 79.9. The maximum absolute atomic E-state index is 6.06. The number of nitrogens with two attached hydrogens (primary N) is 1. The summed E-state index contributed by atoms with van der Waals surface area (Å²) in [7, 11) is 0. The molecule has 0 saturated heterocycles. The van der Waals surface area contributed by atoms with Crippen LogP contribution in [0.3, 0.4) is 0 Å². The quantitative estimate of drug-likeness (QED) is 0.749. The maximum atomic E-state index is 6.06. The van der Waals surface area contributed by atoms with Crippen LogP contribution in [0.2, 0.25) is 10.0 Å². The number of benzene rings is 2. The van der Waals surface area contributed by atoms with Crippen molar-refractivity contribution in [2.24, 2.45) is 5.73 Å². The van der Waals surface area contributed by atoms with Gasteiger partial charge in [-0.25, -0.2) is 0 Å². The van der Waals surface area contributed by atoms with Crippen LogP contribution in [0.4, 0.5) is 0 Å². The van der Waals surface area contributed by atoms with E-state index in [9.17, 15) is 0 Å². The van der Waals surface area contributed by atoms with Gasteiger partial charge in [-0.3, -0.25) is 0 Å². The summed E-state index contributed by atoms with van der Waals surface area (Å²) >= 11 is 20.4. The van der Waals surface area contributed by atoms with Gasteiger partial charge in [0.1, 0.15) is 16.5 Å². The molecule has 2 nitrogen and oxygen atoms in total. The van der Waals surface area contributed by atoms with Gasteiger partial charge in [-0.15, -0.1) is 0 Å². The Bertz CT molecular complexity index is 649. The Balaban J connectivity index is 2.46. The van der Waals surface area contributed by atoms with Crippen molar-refractivity contribution in [1.82, 2.24) is 0 Å². The lowest BCUT2D eigenvalue weighted by molar-refractivity contribution is 0.481. The minimum Gasteiger partial charge on any atom is -0.455 e. The second kappa shape index (κ2) is 6.09. The van der Waals surface area contributed by atoms with Gasteiger partial charge in [0.25, 0.3) is 0 Å². The number of rotatable bonds is 3. The number of ether oxygens (including phenoxy) is 1. The molecule has 0 radical (unpaired) electrons. The van der Waals surface area contributed by atoms with Crippen molar-refractivity contribution in [1.29, 1.82) is 0 Å². The lowest BCUT2D eigenvalue weighted by Crippen LogP contribution is -2.11. The van der Waals surface area contributed by atoms with Gasteiger partial charge in [0.15, 0.2) is 0 Å². The second-order valence-electron chi connectivity index (χ2n) is 3.65. The van der Waals surface area contributed by atoms with Crippen LogP contribution in [0.25, 0.3) is 0 Å². The summed E-state index contributed by atoms with van der Waals surface area (Å²) < 4.78 is 6.51. The van der Waals surface area contributed by atoms with Crippen LogP contribution >= 0.6 is 51.3 Å². The molecule has 0 aromatic heterocycles. The van der Waals surface area contributed by atoms with Gasteiger partial charge in [-0.05, 0) is 40.2 Å². The molecule has 0 amide bonds. The van der Waals surface area contributed by atoms with E-state index in [1.807, 2.05) is 12.1 Å². The summed E-state index contributed by atoms with van der Waals surface area (Å²) in [6.07, 6.45) is 0. The molecule has 19 heavy (non-hydrogen) atoms. The smallest absolute Gasteiger partial charge is 0.147 e. The van der Waals surface area contributed by atoms with Crippen molar-refractivity contribution in [3.63, 3.8) is 0 Å². The molecular weight excluding hydrogens is 369 g/mol. The summed E-state index contributed by atoms with van der Waals surface area (Å²) in [6.45, 7) is 0. The Labute approximate surface area is 134 Å². The van der Waals surface area contributed by atoms with Crippen molar-refractivity contribution in [3.05, 3.63) is 56.5 Å². The largest absolute Gasteiger partial charge is 0.455 e. The van der Waals surface area contributed by atoms with Crippen molar-refractivity contribution >= 4 is 56.3 Å². The zero-order chi connectivity index (χ0) is 14.0. The molecule has 98 valence electrons. The minimum absolute atomic E-state index is 0.237. The lowest BCUT2D eigenvalue weighted by Gasteiger charge is -2.13. The zero-order valence-electron chi connectivity index (χ0n) is 9.49. The predicted octanol–water partition coefficient (Wildman–Crippen LogP) is 5.18. The summed E-state index contributed by atoms with van der Waals surface area (Å²) in [6, 6.07) is 10.4. The highest BCUT2D eigenvalue weighted by Gasteiger charge is 2.13. The number of hydrogen-bond donors (Lipinski definition) is 1. The van der Waals surface area contributed by atoms with E-state index in [4.69, 9.17) is 45.9 Å². The first kappa shape index (κ1) is 14.6. The summed E-state index contributed by atoms with van der Waals surface area (Å²) in [5, 5.41) is 0.990. The molecular formula is C13H8BrCl2NOS.